The van der Waals surface area contributed by atoms with Gasteiger partial charge in [0.25, 0.3) is 0 Å². The summed E-state index contributed by atoms with van der Waals surface area (Å²) in [5.41, 5.74) is 5.78. The summed E-state index contributed by atoms with van der Waals surface area (Å²) in [5.74, 6) is 1.76. The summed E-state index contributed by atoms with van der Waals surface area (Å²) in [6, 6.07) is 5.62. The molecule has 1 aromatic carbocycles. The average molecular weight is 396 g/mol. The van der Waals surface area contributed by atoms with Crippen molar-refractivity contribution < 1.29 is 13.2 Å². The Labute approximate surface area is 152 Å². The largest absolute Gasteiger partial charge is 0.416 e. The van der Waals surface area contributed by atoms with Gasteiger partial charge in [0.15, 0.2) is 5.13 Å². The second kappa shape index (κ2) is 7.95. The first-order valence-electron chi connectivity index (χ1n) is 7.12. The second-order valence-electron chi connectivity index (χ2n) is 5.35. The van der Waals surface area contributed by atoms with E-state index in [0.717, 1.165) is 29.0 Å². The fourth-order valence-electron chi connectivity index (χ4n) is 2.65. The van der Waals surface area contributed by atoms with E-state index >= 15 is 0 Å². The van der Waals surface area contributed by atoms with Crippen LogP contribution in [0, 0.1) is 0 Å². The van der Waals surface area contributed by atoms with Crippen LogP contribution in [-0.4, -0.2) is 27.9 Å². The zero-order chi connectivity index (χ0) is 16.4. The summed E-state index contributed by atoms with van der Waals surface area (Å²) in [6.07, 6.45) is -2.57. The van der Waals surface area contributed by atoms with Crippen LogP contribution in [0.3, 0.4) is 0 Å². The Morgan fingerprint density at radius 1 is 1.33 bits per heavy atom. The molecule has 2 N–H and O–H groups in total. The lowest BCUT2D eigenvalue weighted by atomic mass is 10.0. The molecule has 132 valence electrons. The molecule has 3 nitrogen and oxygen atoms in total. The minimum absolute atomic E-state index is 0. The van der Waals surface area contributed by atoms with Gasteiger partial charge >= 0.3 is 6.18 Å². The number of rotatable bonds is 3. The smallest absolute Gasteiger partial charge is 0.375 e. The maximum Gasteiger partial charge on any atom is 0.416 e. The van der Waals surface area contributed by atoms with Gasteiger partial charge in [-0.3, -0.25) is 4.90 Å². The van der Waals surface area contributed by atoms with Crippen LogP contribution in [0.25, 0.3) is 0 Å². The Morgan fingerprint density at radius 3 is 2.79 bits per heavy atom. The van der Waals surface area contributed by atoms with E-state index in [4.69, 9.17) is 5.73 Å². The number of nitrogens with zero attached hydrogens (tertiary/aromatic N) is 2. The molecule has 9 heteroatoms. The second-order valence-corrected chi connectivity index (χ2v) is 7.65. The normalized spacial score (nSPS) is 19.0. The third-order valence-electron chi connectivity index (χ3n) is 3.77. The Morgan fingerprint density at radius 2 is 2.12 bits per heavy atom. The van der Waals surface area contributed by atoms with Crippen molar-refractivity contribution >= 4 is 40.6 Å². The molecule has 0 spiro atoms. The van der Waals surface area contributed by atoms with Crippen molar-refractivity contribution in [1.82, 2.24) is 9.88 Å². The van der Waals surface area contributed by atoms with Gasteiger partial charge in [0.05, 0.1) is 5.56 Å². The summed E-state index contributed by atoms with van der Waals surface area (Å²) in [5, 5.41) is 0.516. The van der Waals surface area contributed by atoms with Gasteiger partial charge in [-0.05, 0) is 17.7 Å². The lowest BCUT2D eigenvalue weighted by molar-refractivity contribution is -0.137. The van der Waals surface area contributed by atoms with Gasteiger partial charge in [-0.1, -0.05) is 12.1 Å². The van der Waals surface area contributed by atoms with E-state index in [9.17, 15) is 13.2 Å². The van der Waals surface area contributed by atoms with Crippen LogP contribution in [0.1, 0.15) is 22.0 Å². The van der Waals surface area contributed by atoms with Crippen LogP contribution >= 0.6 is 35.5 Å². The number of thioether (sulfide) groups is 1. The molecule has 3 rings (SSSR count). The van der Waals surface area contributed by atoms with Crippen LogP contribution in [0.4, 0.5) is 18.3 Å². The maximum absolute atomic E-state index is 12.9. The van der Waals surface area contributed by atoms with Gasteiger partial charge in [0, 0.05) is 41.7 Å². The van der Waals surface area contributed by atoms with E-state index in [1.165, 1.54) is 23.5 Å². The monoisotopic (exact) mass is 395 g/mol. The molecule has 0 saturated carbocycles. The van der Waals surface area contributed by atoms with Crippen LogP contribution in [0.15, 0.2) is 30.5 Å². The molecular weight excluding hydrogens is 379 g/mol. The number of nitrogen functional groups attached to an aromatic ring is 1. The molecule has 1 aromatic heterocycles. The number of anilines is 1. The zero-order valence-electron chi connectivity index (χ0n) is 12.6. The lowest BCUT2D eigenvalue weighted by Crippen LogP contribution is -2.35. The molecule has 24 heavy (non-hydrogen) atoms. The number of alkyl halides is 3. The standard InChI is InChI=1S/C15H16F3N3S2.ClH/c16-15(17,18)11-3-1-2-10(6-11)13-9-22-5-4-21(13)8-12-7-20-14(19)23-12;/h1-3,6-7,13H,4-5,8-9H2,(H2,19,20);1H. The van der Waals surface area contributed by atoms with E-state index in [-0.39, 0.29) is 18.4 Å². The highest BCUT2D eigenvalue weighted by Gasteiger charge is 2.32. The third-order valence-corrected chi connectivity index (χ3v) is 5.60. The molecule has 1 aliphatic heterocycles. The molecule has 1 fully saturated rings. The van der Waals surface area contributed by atoms with Gasteiger partial charge in [-0.25, -0.2) is 4.98 Å². The third kappa shape index (κ3) is 4.56. The topological polar surface area (TPSA) is 42.1 Å². The summed E-state index contributed by atoms with van der Waals surface area (Å²) < 4.78 is 38.8. The Kier molecular flexibility index (Phi) is 6.41. The van der Waals surface area contributed by atoms with Gasteiger partial charge in [0.1, 0.15) is 0 Å². The number of hydrogen-bond donors (Lipinski definition) is 1. The molecule has 1 unspecified atom stereocenters. The number of aromatic nitrogens is 1. The van der Waals surface area contributed by atoms with Crippen molar-refractivity contribution in [3.63, 3.8) is 0 Å². The Hall–Kier alpha value is -0.960. The zero-order valence-corrected chi connectivity index (χ0v) is 15.1. The fraction of sp³-hybridized carbons (Fsp3) is 0.400. The minimum atomic E-state index is -4.31. The predicted octanol–water partition coefficient (Wildman–Crippen LogP) is 4.46. The molecule has 2 heterocycles. The van der Waals surface area contributed by atoms with Crippen LogP contribution in [-0.2, 0) is 12.7 Å². The van der Waals surface area contributed by atoms with Crippen molar-refractivity contribution in [2.75, 3.05) is 23.8 Å². The van der Waals surface area contributed by atoms with Crippen molar-refractivity contribution in [2.24, 2.45) is 0 Å². The van der Waals surface area contributed by atoms with Gasteiger partial charge in [0.2, 0.25) is 0 Å². The van der Waals surface area contributed by atoms with Crippen molar-refractivity contribution in [2.45, 2.75) is 18.8 Å². The average Bonchev–Trinajstić information content (AvgIpc) is 2.92. The first-order valence-corrected chi connectivity index (χ1v) is 9.10. The minimum Gasteiger partial charge on any atom is -0.375 e. The van der Waals surface area contributed by atoms with Gasteiger partial charge in [-0.15, -0.1) is 23.7 Å². The van der Waals surface area contributed by atoms with E-state index < -0.39 is 11.7 Å². The Balaban J connectivity index is 0.00000208. The summed E-state index contributed by atoms with van der Waals surface area (Å²) in [4.78, 5) is 7.28. The van der Waals surface area contributed by atoms with E-state index in [1.807, 2.05) is 0 Å². The summed E-state index contributed by atoms with van der Waals surface area (Å²) in [6.45, 7) is 1.50. The molecular formula is C15H17ClF3N3S2. The number of nitrogens with two attached hydrogens (primary N) is 1. The SMILES string of the molecule is Cl.Nc1ncc(CN2CCSCC2c2cccc(C(F)(F)F)c2)s1. The van der Waals surface area contributed by atoms with Crippen LogP contribution < -0.4 is 5.73 Å². The molecule has 0 bridgehead atoms. The number of halogens is 4. The number of thiazole rings is 1. The number of benzene rings is 1. The molecule has 0 aliphatic carbocycles. The van der Waals surface area contributed by atoms with Crippen molar-refractivity contribution in [1.29, 1.82) is 0 Å². The summed E-state index contributed by atoms with van der Waals surface area (Å²) in [7, 11) is 0. The summed E-state index contributed by atoms with van der Waals surface area (Å²) >= 11 is 3.20. The highest BCUT2D eigenvalue weighted by Crippen LogP contribution is 2.35. The molecule has 2 aromatic rings. The van der Waals surface area contributed by atoms with Gasteiger partial charge < -0.3 is 5.73 Å². The quantitative estimate of drug-likeness (QED) is 0.833. The molecule has 1 atom stereocenters. The van der Waals surface area contributed by atoms with E-state index in [1.54, 1.807) is 24.0 Å². The number of hydrogen-bond acceptors (Lipinski definition) is 5. The lowest BCUT2D eigenvalue weighted by Gasteiger charge is -2.35. The van der Waals surface area contributed by atoms with Gasteiger partial charge in [-0.2, -0.15) is 24.9 Å². The molecule has 0 amide bonds. The highest BCUT2D eigenvalue weighted by atomic mass is 35.5. The maximum atomic E-state index is 12.9. The van der Waals surface area contributed by atoms with Crippen LogP contribution in [0.5, 0.6) is 0 Å². The molecule has 1 saturated heterocycles. The molecule has 0 radical (unpaired) electrons. The van der Waals surface area contributed by atoms with Crippen molar-refractivity contribution in [3.8, 4) is 0 Å². The molecule has 1 aliphatic rings. The van der Waals surface area contributed by atoms with Crippen molar-refractivity contribution in [3.05, 3.63) is 46.5 Å². The fourth-order valence-corrected chi connectivity index (χ4v) is 4.52. The first kappa shape index (κ1) is 19.4. The van der Waals surface area contributed by atoms with E-state index in [2.05, 4.69) is 9.88 Å². The van der Waals surface area contributed by atoms with Crippen LogP contribution in [0.2, 0.25) is 0 Å². The predicted molar refractivity (Wildman–Crippen MR) is 95.7 cm³/mol. The van der Waals surface area contributed by atoms with E-state index in [0.29, 0.717) is 17.2 Å². The first-order chi connectivity index (χ1) is 10.9. The highest BCUT2D eigenvalue weighted by molar-refractivity contribution is 7.99. The Bertz CT molecular complexity index is 678.